The van der Waals surface area contributed by atoms with E-state index in [1.807, 2.05) is 0 Å². The third kappa shape index (κ3) is 7.94. The van der Waals surface area contributed by atoms with Gasteiger partial charge in [0.05, 0.1) is 0 Å². The summed E-state index contributed by atoms with van der Waals surface area (Å²) in [5, 5.41) is 0. The number of hydrogen-bond donors (Lipinski definition) is 0. The van der Waals surface area contributed by atoms with E-state index in [4.69, 9.17) is 4.18 Å². The lowest BCUT2D eigenvalue weighted by molar-refractivity contribution is -0.477. The second kappa shape index (κ2) is 16.9. The quantitative estimate of drug-likeness (QED) is 0.126. The fourth-order valence-electron chi connectivity index (χ4n) is 6.00. The van der Waals surface area contributed by atoms with Crippen molar-refractivity contribution < 1.29 is 110 Å². The predicted octanol–water partition coefficient (Wildman–Crippen LogP) is 15.7. The molecular weight excluding hydrogens is 969 g/mol. The number of halogens is 23. The van der Waals surface area contributed by atoms with Gasteiger partial charge in [-0.15, -0.1) is 0 Å². The molecule has 0 fully saturated rings. The van der Waals surface area contributed by atoms with Crippen molar-refractivity contribution in [3.8, 4) is 0 Å². The van der Waals surface area contributed by atoms with Crippen molar-refractivity contribution in [2.24, 2.45) is 0 Å². The Morgan fingerprint density at radius 1 is 0.415 bits per heavy atom. The fourth-order valence-corrected chi connectivity index (χ4v) is 9.69. The number of carbonyl (C=O) groups excluding carboxylic acids is 1. The van der Waals surface area contributed by atoms with Gasteiger partial charge in [0, 0.05) is 14.7 Å². The summed E-state index contributed by atoms with van der Waals surface area (Å²) in [6.07, 6.45) is -8.17. The largest absolute Gasteiger partial charge is 0.460 e. The molecule has 0 saturated carbocycles. The van der Waals surface area contributed by atoms with Gasteiger partial charge < -0.3 is 4.18 Å². The highest BCUT2D eigenvalue weighted by Gasteiger charge is 2.99. The number of hydrogen-bond acceptors (Lipinski definition) is 2. The van der Waals surface area contributed by atoms with E-state index in [9.17, 15) is 79.4 Å². The molecule has 0 unspecified atom stereocenters. The van der Waals surface area contributed by atoms with E-state index >= 15 is 26.3 Å². The molecule has 0 aromatic heterocycles. The van der Waals surface area contributed by atoms with Crippen molar-refractivity contribution in [2.45, 2.75) is 139 Å². The van der Waals surface area contributed by atoms with Crippen molar-refractivity contribution in [1.29, 1.82) is 0 Å². The average Bonchev–Trinajstić information content (AvgIpc) is 3.18. The lowest BCUT2D eigenvalue weighted by atomic mass is 9.85. The van der Waals surface area contributed by atoms with Crippen LogP contribution in [0.5, 0.6) is 0 Å². The summed E-state index contributed by atoms with van der Waals surface area (Å²) in [5.74, 6) is -96.5. The molecule has 368 valence electrons. The third-order valence-electron chi connectivity index (χ3n) is 9.88. The molecule has 0 amide bonds. The van der Waals surface area contributed by atoms with Gasteiger partial charge in [0.2, 0.25) is 0 Å². The van der Waals surface area contributed by atoms with Gasteiger partial charge in [-0.25, -0.2) is 4.79 Å². The van der Waals surface area contributed by atoms with Crippen molar-refractivity contribution in [3.05, 3.63) is 89.5 Å². The molecule has 0 spiro atoms. The average molecular weight is 1000 g/mol. The summed E-state index contributed by atoms with van der Waals surface area (Å²) in [4.78, 5) is 12.4. The molecule has 2 nitrogen and oxygen atoms in total. The maximum atomic E-state index is 15.9. The van der Waals surface area contributed by atoms with Gasteiger partial charge in [-0.1, -0.05) is 90.1 Å². The predicted molar refractivity (Wildman–Crippen MR) is 186 cm³/mol. The van der Waals surface area contributed by atoms with E-state index in [1.165, 1.54) is 52.0 Å². The van der Waals surface area contributed by atoms with Crippen LogP contribution >= 0.6 is 10.3 Å². The highest BCUT2D eigenvalue weighted by molar-refractivity contribution is 8.30. The summed E-state index contributed by atoms with van der Waals surface area (Å²) in [7, 11) is -4.53. The van der Waals surface area contributed by atoms with Crippen LogP contribution in [-0.2, 0) is 8.98 Å². The van der Waals surface area contributed by atoms with E-state index in [-0.39, 0.29) is 21.9 Å². The molecule has 0 saturated heterocycles. The van der Waals surface area contributed by atoms with Crippen LogP contribution in [0.15, 0.2) is 87.5 Å². The fraction of sp³-hybridized carbons (Fsp3) is 0.513. The third-order valence-corrected chi connectivity index (χ3v) is 13.2. The summed E-state index contributed by atoms with van der Waals surface area (Å²) >= 11 is 0. The van der Waals surface area contributed by atoms with Crippen LogP contribution in [0.1, 0.15) is 76.0 Å². The minimum Gasteiger partial charge on any atom is -0.397 e. The summed E-state index contributed by atoms with van der Waals surface area (Å²) < 4.78 is 334. The Balaban J connectivity index is 2.41. The van der Waals surface area contributed by atoms with Gasteiger partial charge in [0.1, 0.15) is 0 Å². The highest BCUT2D eigenvalue weighted by Crippen LogP contribution is 2.73. The molecule has 0 heterocycles. The molecule has 26 heteroatoms. The first-order valence-corrected chi connectivity index (χ1v) is 19.6. The Morgan fingerprint density at radius 3 is 0.954 bits per heavy atom. The topological polar surface area (TPSA) is 26.3 Å². The minimum absolute atomic E-state index is 0.0838. The van der Waals surface area contributed by atoms with Crippen LogP contribution in [0.25, 0.3) is 0 Å². The molecule has 0 N–H and O–H groups in total. The van der Waals surface area contributed by atoms with E-state index in [2.05, 4.69) is 0 Å². The molecule has 0 aliphatic carbocycles. The zero-order valence-corrected chi connectivity index (χ0v) is 34.4. The Labute approximate surface area is 355 Å². The van der Waals surface area contributed by atoms with Crippen LogP contribution < -0.4 is 0 Å². The van der Waals surface area contributed by atoms with Crippen molar-refractivity contribution >= 4 is 16.3 Å². The summed E-state index contributed by atoms with van der Waals surface area (Å²) in [6, 6.07) is 14.1. The highest BCUT2D eigenvalue weighted by atomic mass is 32.3. The Morgan fingerprint density at radius 2 is 0.692 bits per heavy atom. The lowest BCUT2D eigenvalue weighted by Crippen LogP contribution is -2.78. The smallest absolute Gasteiger partial charge is 0.397 e. The van der Waals surface area contributed by atoms with Crippen LogP contribution in [-0.4, -0.2) is 71.4 Å². The molecule has 0 bridgehead atoms. The van der Waals surface area contributed by atoms with Crippen LogP contribution in [0.3, 0.4) is 0 Å². The molecular formula is C39H33F23O2S. The first kappa shape index (κ1) is 55.2. The Bertz CT molecular complexity index is 2100. The minimum atomic E-state index is -9.57. The number of benzene rings is 3. The van der Waals surface area contributed by atoms with E-state index < -0.39 is 103 Å². The lowest BCUT2D eigenvalue weighted by Gasteiger charge is -2.46. The maximum absolute atomic E-state index is 15.9. The normalized spacial score (nSPS) is 15.3. The molecule has 65 heavy (non-hydrogen) atoms. The van der Waals surface area contributed by atoms with Gasteiger partial charge in [0.15, 0.2) is 0 Å². The molecule has 0 radical (unpaired) electrons. The standard InChI is InChI=1S/C39H33F23O2S/c1-19(2)22-17-25(20(3)4)27(26(18-22)21(5)6)65(23-13-9-7-10-14-23,24-15-11-8-12-16-24)64-28(63)29(40,41)30(42,43)31(44,45)32(46,47)33(48,49)34(50,51)35(52,53)36(54,55)37(56,57)38(58,59)39(60,61)62/h7-21H,1-6H3. The Hall–Kier alpha value is -4.13. The SMILES string of the molecule is CC(C)c1cc(C(C)C)c(S(OC(=O)C(F)(F)C(F)(F)C(F)(F)C(F)(F)C(F)(F)C(F)(F)C(F)(F)C(F)(F)C(F)(F)C(F)(F)C(F)(F)F)(c2ccccc2)c2ccccc2)c(C(C)C)c1. The number of alkyl halides is 23. The van der Waals surface area contributed by atoms with Gasteiger partial charge in [-0.2, -0.15) is 101 Å². The van der Waals surface area contributed by atoms with Crippen molar-refractivity contribution in [3.63, 3.8) is 0 Å². The second-order valence-electron chi connectivity index (χ2n) is 15.3. The second-order valence-corrected chi connectivity index (χ2v) is 17.9. The van der Waals surface area contributed by atoms with Gasteiger partial charge in [0.25, 0.3) is 0 Å². The van der Waals surface area contributed by atoms with Gasteiger partial charge in [-0.05, 0) is 69.0 Å². The van der Waals surface area contributed by atoms with Crippen LogP contribution in [0.2, 0.25) is 0 Å². The summed E-state index contributed by atoms with van der Waals surface area (Å²) in [6.45, 7) is 9.31. The van der Waals surface area contributed by atoms with E-state index in [1.54, 1.807) is 13.8 Å². The first-order chi connectivity index (χ1) is 28.9. The number of rotatable bonds is 17. The van der Waals surface area contributed by atoms with Gasteiger partial charge in [-0.3, -0.25) is 0 Å². The maximum Gasteiger partial charge on any atom is 0.460 e. The molecule has 3 rings (SSSR count). The molecule has 3 aromatic carbocycles. The molecule has 0 aliphatic rings. The monoisotopic (exact) mass is 1000 g/mol. The van der Waals surface area contributed by atoms with Crippen molar-refractivity contribution in [2.75, 3.05) is 0 Å². The summed E-state index contributed by atoms with van der Waals surface area (Å²) in [5.41, 5.74) is 0.681. The molecule has 3 aromatic rings. The van der Waals surface area contributed by atoms with Gasteiger partial charge >= 0.3 is 71.4 Å². The van der Waals surface area contributed by atoms with Crippen LogP contribution in [0.4, 0.5) is 101 Å². The molecule has 0 aliphatic heterocycles. The van der Waals surface area contributed by atoms with Crippen molar-refractivity contribution in [1.82, 2.24) is 0 Å². The Kier molecular flexibility index (Phi) is 14.3. The van der Waals surface area contributed by atoms with E-state index in [0.717, 1.165) is 48.5 Å². The number of carbonyl (C=O) groups is 1. The zero-order valence-electron chi connectivity index (χ0n) is 33.6. The first-order valence-electron chi connectivity index (χ1n) is 18.1. The molecule has 0 atom stereocenters. The van der Waals surface area contributed by atoms with Crippen LogP contribution in [0, 0.1) is 0 Å². The zero-order chi connectivity index (χ0) is 51.0. The van der Waals surface area contributed by atoms with E-state index in [0.29, 0.717) is 5.56 Å².